The molecule has 1 aromatic heterocycles. The standard InChI is InChI=1S/C15H24N2O3S2/c1-22(19,20)17(13-6-3-2-4-7-13)10-9-16-15(18)12-14-8-5-11-21-14/h5,8,11,13H,2-4,6-7,9-10,12H2,1H3,(H,16,18). The molecular weight excluding hydrogens is 320 g/mol. The summed E-state index contributed by atoms with van der Waals surface area (Å²) < 4.78 is 25.5. The van der Waals surface area contributed by atoms with Crippen LogP contribution in [0.2, 0.25) is 0 Å². The van der Waals surface area contributed by atoms with Crippen LogP contribution in [0.15, 0.2) is 17.5 Å². The van der Waals surface area contributed by atoms with Gasteiger partial charge in [0.15, 0.2) is 0 Å². The number of carbonyl (C=O) groups is 1. The van der Waals surface area contributed by atoms with Gasteiger partial charge in [0.2, 0.25) is 15.9 Å². The van der Waals surface area contributed by atoms with Gasteiger partial charge < -0.3 is 5.32 Å². The lowest BCUT2D eigenvalue weighted by molar-refractivity contribution is -0.120. The molecule has 5 nitrogen and oxygen atoms in total. The van der Waals surface area contributed by atoms with Crippen LogP contribution in [-0.4, -0.2) is 44.0 Å². The molecule has 7 heteroatoms. The van der Waals surface area contributed by atoms with Crippen molar-refractivity contribution in [2.75, 3.05) is 19.3 Å². The number of nitrogens with zero attached hydrogens (tertiary/aromatic N) is 1. The minimum absolute atomic E-state index is 0.0560. The third kappa shape index (κ3) is 5.37. The fourth-order valence-electron chi connectivity index (χ4n) is 2.93. The quantitative estimate of drug-likeness (QED) is 0.823. The van der Waals surface area contributed by atoms with Crippen molar-refractivity contribution in [3.8, 4) is 0 Å². The van der Waals surface area contributed by atoms with Crippen LogP contribution < -0.4 is 5.32 Å². The summed E-state index contributed by atoms with van der Waals surface area (Å²) in [7, 11) is -3.23. The third-order valence-electron chi connectivity index (χ3n) is 3.98. The molecule has 0 spiro atoms. The number of rotatable bonds is 7. The van der Waals surface area contributed by atoms with Crippen LogP contribution in [0.5, 0.6) is 0 Å². The molecule has 0 aromatic carbocycles. The van der Waals surface area contributed by atoms with Crippen LogP contribution >= 0.6 is 11.3 Å². The molecule has 0 saturated heterocycles. The summed E-state index contributed by atoms with van der Waals surface area (Å²) in [6, 6.07) is 3.94. The highest BCUT2D eigenvalue weighted by Gasteiger charge is 2.27. The normalized spacial score (nSPS) is 16.8. The van der Waals surface area contributed by atoms with E-state index in [9.17, 15) is 13.2 Å². The summed E-state index contributed by atoms with van der Waals surface area (Å²) in [5, 5.41) is 4.77. The first-order valence-corrected chi connectivity index (χ1v) is 10.5. The van der Waals surface area contributed by atoms with Gasteiger partial charge in [0.05, 0.1) is 12.7 Å². The van der Waals surface area contributed by atoms with Crippen LogP contribution in [0.4, 0.5) is 0 Å². The van der Waals surface area contributed by atoms with E-state index >= 15 is 0 Å². The summed E-state index contributed by atoms with van der Waals surface area (Å²) in [5.74, 6) is -0.0560. The van der Waals surface area contributed by atoms with Gasteiger partial charge in [-0.15, -0.1) is 11.3 Å². The van der Waals surface area contributed by atoms with E-state index in [2.05, 4.69) is 5.32 Å². The van der Waals surface area contributed by atoms with Gasteiger partial charge in [0, 0.05) is 24.0 Å². The predicted octanol–water partition coefficient (Wildman–Crippen LogP) is 2.00. The van der Waals surface area contributed by atoms with Gasteiger partial charge in [-0.1, -0.05) is 25.3 Å². The van der Waals surface area contributed by atoms with E-state index in [0.29, 0.717) is 19.5 Å². The molecule has 0 bridgehead atoms. The Hall–Kier alpha value is -0.920. The number of amides is 1. The minimum Gasteiger partial charge on any atom is -0.354 e. The molecule has 2 rings (SSSR count). The summed E-state index contributed by atoms with van der Waals surface area (Å²) in [6.45, 7) is 0.730. The second kappa shape index (κ2) is 8.08. The molecule has 1 amide bonds. The van der Waals surface area contributed by atoms with E-state index in [4.69, 9.17) is 0 Å². The Kier molecular flexibility index (Phi) is 6.40. The minimum atomic E-state index is -3.23. The molecule has 1 N–H and O–H groups in total. The summed E-state index contributed by atoms with van der Waals surface area (Å²) in [6.07, 6.45) is 6.83. The number of carbonyl (C=O) groups excluding carboxylic acids is 1. The predicted molar refractivity (Wildman–Crippen MR) is 89.5 cm³/mol. The zero-order valence-electron chi connectivity index (χ0n) is 13.0. The average molecular weight is 345 g/mol. The topological polar surface area (TPSA) is 66.5 Å². The van der Waals surface area contributed by atoms with Crippen molar-refractivity contribution in [3.05, 3.63) is 22.4 Å². The van der Waals surface area contributed by atoms with Crippen LogP contribution in [0.1, 0.15) is 37.0 Å². The Balaban J connectivity index is 1.82. The Morgan fingerprint density at radius 3 is 2.68 bits per heavy atom. The van der Waals surface area contributed by atoms with E-state index in [0.717, 1.165) is 30.6 Å². The molecule has 0 unspecified atom stereocenters. The van der Waals surface area contributed by atoms with Crippen molar-refractivity contribution in [2.45, 2.75) is 44.6 Å². The molecule has 0 aliphatic heterocycles. The van der Waals surface area contributed by atoms with Gasteiger partial charge in [-0.05, 0) is 24.3 Å². The zero-order chi connectivity index (χ0) is 16.0. The Morgan fingerprint density at radius 1 is 1.36 bits per heavy atom. The Labute approximate surface area is 136 Å². The van der Waals surface area contributed by atoms with E-state index in [1.807, 2.05) is 17.5 Å². The van der Waals surface area contributed by atoms with E-state index in [1.165, 1.54) is 12.7 Å². The Morgan fingerprint density at radius 2 is 2.09 bits per heavy atom. The van der Waals surface area contributed by atoms with Crippen molar-refractivity contribution in [1.29, 1.82) is 0 Å². The maximum atomic E-state index is 12.0. The lowest BCUT2D eigenvalue weighted by Crippen LogP contribution is -2.45. The molecule has 0 atom stereocenters. The Bertz CT molecular complexity index is 564. The number of hydrogen-bond acceptors (Lipinski definition) is 4. The van der Waals surface area contributed by atoms with Gasteiger partial charge in [-0.25, -0.2) is 8.42 Å². The van der Waals surface area contributed by atoms with Crippen molar-refractivity contribution in [1.82, 2.24) is 9.62 Å². The van der Waals surface area contributed by atoms with Crippen LogP contribution in [0.25, 0.3) is 0 Å². The molecule has 1 aliphatic carbocycles. The second-order valence-corrected chi connectivity index (χ2v) is 8.74. The summed E-state index contributed by atoms with van der Waals surface area (Å²) >= 11 is 1.55. The highest BCUT2D eigenvalue weighted by molar-refractivity contribution is 7.88. The summed E-state index contributed by atoms with van der Waals surface area (Å²) in [4.78, 5) is 12.9. The van der Waals surface area contributed by atoms with Gasteiger partial charge in [-0.3, -0.25) is 4.79 Å². The van der Waals surface area contributed by atoms with E-state index in [1.54, 1.807) is 15.6 Å². The number of hydrogen-bond donors (Lipinski definition) is 1. The van der Waals surface area contributed by atoms with Gasteiger partial charge in [0.1, 0.15) is 0 Å². The van der Waals surface area contributed by atoms with Gasteiger partial charge in [-0.2, -0.15) is 4.31 Å². The third-order valence-corrected chi connectivity index (χ3v) is 6.19. The smallest absolute Gasteiger partial charge is 0.225 e. The van der Waals surface area contributed by atoms with Crippen molar-refractivity contribution >= 4 is 27.3 Å². The number of thiophene rings is 1. The van der Waals surface area contributed by atoms with Crippen molar-refractivity contribution in [3.63, 3.8) is 0 Å². The van der Waals surface area contributed by atoms with Crippen LogP contribution in [0.3, 0.4) is 0 Å². The van der Waals surface area contributed by atoms with Gasteiger partial charge in [0.25, 0.3) is 0 Å². The first-order valence-electron chi connectivity index (χ1n) is 7.73. The molecule has 1 fully saturated rings. The lowest BCUT2D eigenvalue weighted by Gasteiger charge is -2.32. The fourth-order valence-corrected chi connectivity index (χ4v) is 4.81. The average Bonchev–Trinajstić information content (AvgIpc) is 2.96. The highest BCUT2D eigenvalue weighted by atomic mass is 32.2. The van der Waals surface area contributed by atoms with E-state index < -0.39 is 10.0 Å². The molecule has 1 saturated carbocycles. The molecule has 1 aromatic rings. The van der Waals surface area contributed by atoms with Crippen LogP contribution in [0, 0.1) is 0 Å². The van der Waals surface area contributed by atoms with Crippen molar-refractivity contribution < 1.29 is 13.2 Å². The number of sulfonamides is 1. The second-order valence-electron chi connectivity index (χ2n) is 5.77. The molecule has 1 aliphatic rings. The molecule has 0 radical (unpaired) electrons. The molecule has 1 heterocycles. The largest absolute Gasteiger partial charge is 0.354 e. The molecular formula is C15H24N2O3S2. The molecule has 124 valence electrons. The first-order chi connectivity index (χ1) is 10.5. The van der Waals surface area contributed by atoms with E-state index in [-0.39, 0.29) is 11.9 Å². The fraction of sp³-hybridized carbons (Fsp3) is 0.667. The number of nitrogens with one attached hydrogen (secondary N) is 1. The zero-order valence-corrected chi connectivity index (χ0v) is 14.6. The SMILES string of the molecule is CS(=O)(=O)N(CCNC(=O)Cc1cccs1)C1CCCCC1. The van der Waals surface area contributed by atoms with Crippen molar-refractivity contribution in [2.24, 2.45) is 0 Å². The summed E-state index contributed by atoms with van der Waals surface area (Å²) in [5.41, 5.74) is 0. The maximum absolute atomic E-state index is 12.0. The lowest BCUT2D eigenvalue weighted by atomic mass is 9.95. The first kappa shape index (κ1) is 17.4. The van der Waals surface area contributed by atoms with Gasteiger partial charge >= 0.3 is 0 Å². The monoisotopic (exact) mass is 344 g/mol. The molecule has 22 heavy (non-hydrogen) atoms. The van der Waals surface area contributed by atoms with Crippen LogP contribution in [-0.2, 0) is 21.2 Å². The highest BCUT2D eigenvalue weighted by Crippen LogP contribution is 2.24. The maximum Gasteiger partial charge on any atom is 0.225 e.